The molecule has 52 valence electrons. The molecule has 0 aliphatic carbocycles. The summed E-state index contributed by atoms with van der Waals surface area (Å²) in [6, 6.07) is 0. The molecule has 0 nitrogen and oxygen atoms in total. The molecule has 0 fully saturated rings. The molecular formula is C8H13I. The fourth-order valence-electron chi connectivity index (χ4n) is 0.481. The van der Waals surface area contributed by atoms with Crippen LogP contribution in [0.1, 0.15) is 19.8 Å². The quantitative estimate of drug-likeness (QED) is 0.304. The van der Waals surface area contributed by atoms with Gasteiger partial charge < -0.3 is 0 Å². The van der Waals surface area contributed by atoms with Gasteiger partial charge in [-0.2, -0.15) is 0 Å². The van der Waals surface area contributed by atoms with Crippen molar-refractivity contribution in [2.45, 2.75) is 19.8 Å². The van der Waals surface area contributed by atoms with Crippen molar-refractivity contribution in [2.75, 3.05) is 4.43 Å². The minimum Gasteiger partial charge on any atom is -0.0877 e. The summed E-state index contributed by atoms with van der Waals surface area (Å²) in [5.74, 6) is 0. The van der Waals surface area contributed by atoms with Crippen molar-refractivity contribution < 1.29 is 0 Å². The van der Waals surface area contributed by atoms with Gasteiger partial charge in [0, 0.05) is 0 Å². The molecule has 0 amide bonds. The summed E-state index contributed by atoms with van der Waals surface area (Å²) in [7, 11) is 0. The molecule has 0 aliphatic rings. The Morgan fingerprint density at radius 2 is 2.11 bits per heavy atom. The molecule has 0 saturated heterocycles. The first-order valence-electron chi connectivity index (χ1n) is 3.25. The highest BCUT2D eigenvalue weighted by Crippen LogP contribution is 1.95. The number of hydrogen-bond acceptors (Lipinski definition) is 0. The average molecular weight is 236 g/mol. The highest BCUT2D eigenvalue weighted by atomic mass is 127. The van der Waals surface area contributed by atoms with E-state index in [1.165, 1.54) is 17.3 Å². The van der Waals surface area contributed by atoms with E-state index >= 15 is 0 Å². The first-order chi connectivity index (χ1) is 4.41. The highest BCUT2D eigenvalue weighted by Gasteiger charge is 1.75. The predicted molar refractivity (Wildman–Crippen MR) is 52.1 cm³/mol. The fourth-order valence-corrected chi connectivity index (χ4v) is 0.921. The van der Waals surface area contributed by atoms with E-state index in [4.69, 9.17) is 0 Å². The molecule has 0 rings (SSSR count). The van der Waals surface area contributed by atoms with Gasteiger partial charge in [0.15, 0.2) is 0 Å². The number of hydrogen-bond donors (Lipinski definition) is 0. The summed E-state index contributed by atoms with van der Waals surface area (Å²) in [5, 5.41) is 0. The van der Waals surface area contributed by atoms with Gasteiger partial charge in [0.1, 0.15) is 0 Å². The molecule has 0 unspecified atom stereocenters. The lowest BCUT2D eigenvalue weighted by Gasteiger charge is -1.83. The molecule has 0 aromatic rings. The van der Waals surface area contributed by atoms with Crippen LogP contribution >= 0.6 is 22.6 Å². The summed E-state index contributed by atoms with van der Waals surface area (Å²) in [4.78, 5) is 0. The van der Waals surface area contributed by atoms with Crippen molar-refractivity contribution in [1.82, 2.24) is 0 Å². The molecule has 0 spiro atoms. The van der Waals surface area contributed by atoms with E-state index in [-0.39, 0.29) is 0 Å². The number of unbranched alkanes of at least 4 members (excludes halogenated alkanes) is 1. The van der Waals surface area contributed by atoms with Gasteiger partial charge >= 0.3 is 0 Å². The monoisotopic (exact) mass is 236 g/mol. The Hall–Kier alpha value is 0.210. The molecule has 0 aromatic heterocycles. The van der Waals surface area contributed by atoms with E-state index in [9.17, 15) is 0 Å². The van der Waals surface area contributed by atoms with Crippen LogP contribution in [0.5, 0.6) is 0 Å². The SMILES string of the molecule is CC=CC=CCCCI. The minimum absolute atomic E-state index is 1.22. The number of rotatable bonds is 4. The third-order valence-electron chi connectivity index (χ3n) is 0.944. The Labute approximate surface area is 71.2 Å². The van der Waals surface area contributed by atoms with Gasteiger partial charge in [0.05, 0.1) is 0 Å². The van der Waals surface area contributed by atoms with Crippen LogP contribution in [0.15, 0.2) is 24.3 Å². The Balaban J connectivity index is 3.04. The third-order valence-corrected chi connectivity index (χ3v) is 1.71. The molecule has 0 aromatic carbocycles. The van der Waals surface area contributed by atoms with Gasteiger partial charge in [-0.25, -0.2) is 0 Å². The molecule has 0 atom stereocenters. The molecule has 1 heteroatoms. The van der Waals surface area contributed by atoms with Crippen LogP contribution in [0, 0.1) is 0 Å². The Bertz CT molecular complexity index is 92.7. The van der Waals surface area contributed by atoms with Crippen LogP contribution in [-0.4, -0.2) is 4.43 Å². The largest absolute Gasteiger partial charge is 0.0877 e. The fraction of sp³-hybridized carbons (Fsp3) is 0.500. The lowest BCUT2D eigenvalue weighted by molar-refractivity contribution is 0.986. The van der Waals surface area contributed by atoms with Gasteiger partial charge in [0.2, 0.25) is 0 Å². The van der Waals surface area contributed by atoms with Crippen LogP contribution in [0.3, 0.4) is 0 Å². The van der Waals surface area contributed by atoms with Crippen molar-refractivity contribution in [3.8, 4) is 0 Å². The molecule has 0 heterocycles. The molecule has 0 N–H and O–H groups in total. The van der Waals surface area contributed by atoms with Crippen molar-refractivity contribution in [1.29, 1.82) is 0 Å². The van der Waals surface area contributed by atoms with E-state index < -0.39 is 0 Å². The highest BCUT2D eigenvalue weighted by molar-refractivity contribution is 14.1. The second kappa shape index (κ2) is 8.21. The Morgan fingerprint density at radius 1 is 1.33 bits per heavy atom. The molecule has 0 radical (unpaired) electrons. The second-order valence-electron chi connectivity index (χ2n) is 1.79. The van der Waals surface area contributed by atoms with Crippen LogP contribution in [0.2, 0.25) is 0 Å². The number of allylic oxidation sites excluding steroid dienone is 4. The topological polar surface area (TPSA) is 0 Å². The van der Waals surface area contributed by atoms with E-state index in [1.54, 1.807) is 0 Å². The normalized spacial score (nSPS) is 11.8. The molecule has 0 bridgehead atoms. The van der Waals surface area contributed by atoms with E-state index in [1.807, 2.05) is 13.0 Å². The molecular weight excluding hydrogens is 223 g/mol. The van der Waals surface area contributed by atoms with E-state index in [0.717, 1.165) is 0 Å². The Morgan fingerprint density at radius 3 is 2.67 bits per heavy atom. The Kier molecular flexibility index (Phi) is 8.40. The summed E-state index contributed by atoms with van der Waals surface area (Å²) >= 11 is 2.40. The van der Waals surface area contributed by atoms with Gasteiger partial charge in [-0.3, -0.25) is 0 Å². The van der Waals surface area contributed by atoms with E-state index in [0.29, 0.717) is 0 Å². The maximum atomic E-state index is 2.40. The first-order valence-corrected chi connectivity index (χ1v) is 4.78. The number of alkyl halides is 1. The van der Waals surface area contributed by atoms with Crippen LogP contribution < -0.4 is 0 Å². The smallest absolute Gasteiger partial charge is 0.000178 e. The van der Waals surface area contributed by atoms with Gasteiger partial charge in [-0.05, 0) is 24.2 Å². The minimum atomic E-state index is 1.22. The lowest BCUT2D eigenvalue weighted by atomic mass is 10.3. The summed E-state index contributed by atoms with van der Waals surface area (Å²) < 4.78 is 1.26. The first kappa shape index (κ1) is 9.21. The molecule has 0 saturated carbocycles. The molecule has 9 heavy (non-hydrogen) atoms. The second-order valence-corrected chi connectivity index (χ2v) is 2.86. The van der Waals surface area contributed by atoms with Crippen molar-refractivity contribution in [3.63, 3.8) is 0 Å². The zero-order valence-corrected chi connectivity index (χ0v) is 7.97. The zero-order chi connectivity index (χ0) is 6.95. The summed E-state index contributed by atoms with van der Waals surface area (Å²) in [5.41, 5.74) is 0. The average Bonchev–Trinajstić information content (AvgIpc) is 1.89. The number of halogens is 1. The van der Waals surface area contributed by atoms with Gasteiger partial charge in [-0.1, -0.05) is 46.9 Å². The van der Waals surface area contributed by atoms with Gasteiger partial charge in [0.25, 0.3) is 0 Å². The zero-order valence-electron chi connectivity index (χ0n) is 5.81. The van der Waals surface area contributed by atoms with Crippen molar-refractivity contribution in [2.24, 2.45) is 0 Å². The van der Waals surface area contributed by atoms with E-state index in [2.05, 4.69) is 40.8 Å². The predicted octanol–water partition coefficient (Wildman–Crippen LogP) is 3.33. The maximum Gasteiger partial charge on any atom is -0.000178 e. The van der Waals surface area contributed by atoms with Gasteiger partial charge in [-0.15, -0.1) is 0 Å². The lowest BCUT2D eigenvalue weighted by Crippen LogP contribution is -1.68. The van der Waals surface area contributed by atoms with Crippen molar-refractivity contribution in [3.05, 3.63) is 24.3 Å². The summed E-state index contributed by atoms with van der Waals surface area (Å²) in [6.45, 7) is 2.03. The van der Waals surface area contributed by atoms with Crippen LogP contribution in [-0.2, 0) is 0 Å². The summed E-state index contributed by atoms with van der Waals surface area (Å²) in [6.07, 6.45) is 10.9. The third kappa shape index (κ3) is 8.21. The maximum absolute atomic E-state index is 2.40. The van der Waals surface area contributed by atoms with Crippen LogP contribution in [0.4, 0.5) is 0 Å². The van der Waals surface area contributed by atoms with Crippen molar-refractivity contribution >= 4 is 22.6 Å². The standard InChI is InChI=1S/C8H13I/c1-2-3-4-5-6-7-8-9/h2-5H,6-8H2,1H3. The molecule has 0 aliphatic heterocycles. The van der Waals surface area contributed by atoms with Crippen LogP contribution in [0.25, 0.3) is 0 Å².